The highest BCUT2D eigenvalue weighted by Gasteiger charge is 2.58. The van der Waals surface area contributed by atoms with Gasteiger partial charge in [0, 0.05) is 31.2 Å². The minimum absolute atomic E-state index is 0.0922. The predicted molar refractivity (Wildman–Crippen MR) is 94.5 cm³/mol. The van der Waals surface area contributed by atoms with Crippen molar-refractivity contribution in [3.05, 3.63) is 24.0 Å². The summed E-state index contributed by atoms with van der Waals surface area (Å²) in [6.07, 6.45) is 5.74. The molecule has 25 heavy (non-hydrogen) atoms. The Kier molecular flexibility index (Phi) is 5.18. The number of carbonyl (C=O) groups excluding carboxylic acids is 1. The van der Waals surface area contributed by atoms with Crippen molar-refractivity contribution in [2.75, 3.05) is 26.1 Å². The van der Waals surface area contributed by atoms with Crippen LogP contribution >= 0.6 is 0 Å². The first kappa shape index (κ1) is 18.0. The van der Waals surface area contributed by atoms with Crippen molar-refractivity contribution < 1.29 is 18.7 Å². The summed E-state index contributed by atoms with van der Waals surface area (Å²) in [5.41, 5.74) is 0.566. The second kappa shape index (κ2) is 7.20. The van der Waals surface area contributed by atoms with E-state index < -0.39 is 5.82 Å². The molecule has 0 bridgehead atoms. The van der Waals surface area contributed by atoms with E-state index in [1.807, 2.05) is 14.0 Å². The number of ether oxygens (including phenoxy) is 2. The Morgan fingerprint density at radius 3 is 2.76 bits per heavy atom. The van der Waals surface area contributed by atoms with Crippen molar-refractivity contribution in [2.24, 2.45) is 5.41 Å². The van der Waals surface area contributed by atoms with Crippen molar-refractivity contribution >= 4 is 11.7 Å². The van der Waals surface area contributed by atoms with Crippen molar-refractivity contribution in [2.45, 2.75) is 51.2 Å². The Hall–Kier alpha value is -1.82. The van der Waals surface area contributed by atoms with Crippen molar-refractivity contribution in [3.8, 4) is 5.75 Å². The molecule has 0 saturated heterocycles. The van der Waals surface area contributed by atoms with E-state index in [1.54, 1.807) is 4.90 Å². The van der Waals surface area contributed by atoms with Gasteiger partial charge in [-0.1, -0.05) is 12.8 Å². The van der Waals surface area contributed by atoms with Crippen LogP contribution < -0.4 is 10.1 Å². The SMILES string of the molecule is CCOC1CC(N(C)C(=O)Nc2ccc(F)cc2OC)C12CCCC2. The summed E-state index contributed by atoms with van der Waals surface area (Å²) in [5.74, 6) is -0.0789. The average molecular weight is 350 g/mol. The number of rotatable bonds is 5. The summed E-state index contributed by atoms with van der Waals surface area (Å²) in [6, 6.07) is 4.08. The normalized spacial score (nSPS) is 24.0. The number of benzene rings is 1. The van der Waals surface area contributed by atoms with Gasteiger partial charge in [0.2, 0.25) is 0 Å². The summed E-state index contributed by atoms with van der Waals surface area (Å²) in [5, 5.41) is 2.85. The standard InChI is InChI=1S/C19H27FN2O3/c1-4-25-17-12-16(19(17)9-5-6-10-19)22(2)18(23)21-14-8-7-13(20)11-15(14)24-3/h7-8,11,16-17H,4-6,9-10,12H2,1-3H3,(H,21,23). The van der Waals surface area contributed by atoms with E-state index in [1.165, 1.54) is 38.2 Å². The molecule has 2 aliphatic carbocycles. The van der Waals surface area contributed by atoms with Crippen molar-refractivity contribution in [3.63, 3.8) is 0 Å². The zero-order valence-electron chi connectivity index (χ0n) is 15.2. The van der Waals surface area contributed by atoms with Crippen molar-refractivity contribution in [1.29, 1.82) is 0 Å². The molecule has 2 atom stereocenters. The molecule has 2 saturated carbocycles. The van der Waals surface area contributed by atoms with Gasteiger partial charge in [0.15, 0.2) is 0 Å². The molecule has 6 heteroatoms. The molecule has 0 aliphatic heterocycles. The third-order valence-corrected chi connectivity index (χ3v) is 5.84. The quantitative estimate of drug-likeness (QED) is 0.872. The number of methoxy groups -OCH3 is 1. The molecule has 2 fully saturated rings. The highest BCUT2D eigenvalue weighted by atomic mass is 19.1. The summed E-state index contributed by atoms with van der Waals surface area (Å²) in [4.78, 5) is 14.5. The summed E-state index contributed by atoms with van der Waals surface area (Å²) >= 11 is 0. The third kappa shape index (κ3) is 3.19. The Morgan fingerprint density at radius 2 is 2.12 bits per heavy atom. The van der Waals surface area contributed by atoms with Crippen LogP contribution in [0.15, 0.2) is 18.2 Å². The third-order valence-electron chi connectivity index (χ3n) is 5.84. The number of nitrogens with one attached hydrogen (secondary N) is 1. The molecule has 3 rings (SSSR count). The molecule has 2 amide bonds. The Balaban J connectivity index is 1.71. The highest BCUT2D eigenvalue weighted by molar-refractivity contribution is 5.91. The maximum Gasteiger partial charge on any atom is 0.321 e. The summed E-state index contributed by atoms with van der Waals surface area (Å²) < 4.78 is 24.4. The summed E-state index contributed by atoms with van der Waals surface area (Å²) in [6.45, 7) is 2.73. The largest absolute Gasteiger partial charge is 0.494 e. The number of halogens is 1. The molecule has 0 aromatic heterocycles. The van der Waals surface area contributed by atoms with E-state index in [-0.39, 0.29) is 23.6 Å². The van der Waals surface area contributed by atoms with Gasteiger partial charge in [-0.2, -0.15) is 0 Å². The van der Waals surface area contributed by atoms with E-state index in [0.717, 1.165) is 19.3 Å². The first-order valence-electron chi connectivity index (χ1n) is 9.00. The van der Waals surface area contributed by atoms with Gasteiger partial charge in [-0.05, 0) is 38.3 Å². The number of nitrogens with zero attached hydrogens (tertiary/aromatic N) is 1. The number of carbonyl (C=O) groups is 1. The lowest BCUT2D eigenvalue weighted by atomic mass is 9.60. The number of anilines is 1. The molecule has 1 aromatic carbocycles. The molecular formula is C19H27FN2O3. The number of hydrogen-bond acceptors (Lipinski definition) is 3. The Bertz CT molecular complexity index is 631. The number of hydrogen-bond donors (Lipinski definition) is 1. The number of amides is 2. The Labute approximate surface area is 148 Å². The molecule has 5 nitrogen and oxygen atoms in total. The lowest BCUT2D eigenvalue weighted by Gasteiger charge is -2.56. The number of urea groups is 1. The predicted octanol–water partition coefficient (Wildman–Crippen LogP) is 4.04. The molecule has 1 aromatic rings. The van der Waals surface area contributed by atoms with Crippen LogP contribution in [0, 0.1) is 11.2 Å². The molecule has 2 aliphatic rings. The van der Waals surface area contributed by atoms with E-state index >= 15 is 0 Å². The molecule has 1 N–H and O–H groups in total. The van der Waals surface area contributed by atoms with Gasteiger partial charge in [0.25, 0.3) is 0 Å². The van der Waals surface area contributed by atoms with Crippen molar-refractivity contribution in [1.82, 2.24) is 4.90 Å². The van der Waals surface area contributed by atoms with Gasteiger partial charge in [-0.25, -0.2) is 9.18 Å². The smallest absolute Gasteiger partial charge is 0.321 e. The van der Waals surface area contributed by atoms with Gasteiger partial charge in [-0.15, -0.1) is 0 Å². The molecule has 2 unspecified atom stereocenters. The minimum atomic E-state index is -0.397. The topological polar surface area (TPSA) is 50.8 Å². The van der Waals surface area contributed by atoms with Crippen LogP contribution in [0.3, 0.4) is 0 Å². The maximum absolute atomic E-state index is 13.3. The van der Waals surface area contributed by atoms with Crippen LogP contribution in [0.1, 0.15) is 39.0 Å². The van der Waals surface area contributed by atoms with E-state index in [4.69, 9.17) is 9.47 Å². The van der Waals surface area contributed by atoms with Crippen LogP contribution in [0.25, 0.3) is 0 Å². The maximum atomic E-state index is 13.3. The van der Waals surface area contributed by atoms with Crippen LogP contribution in [0.4, 0.5) is 14.9 Å². The molecular weight excluding hydrogens is 323 g/mol. The zero-order chi connectivity index (χ0) is 18.0. The first-order chi connectivity index (χ1) is 12.0. The van der Waals surface area contributed by atoms with Gasteiger partial charge in [-0.3, -0.25) is 0 Å². The monoisotopic (exact) mass is 350 g/mol. The van der Waals surface area contributed by atoms with E-state index in [0.29, 0.717) is 18.0 Å². The fourth-order valence-electron chi connectivity index (χ4n) is 4.51. The fraction of sp³-hybridized carbons (Fsp3) is 0.632. The van der Waals surface area contributed by atoms with E-state index in [9.17, 15) is 9.18 Å². The minimum Gasteiger partial charge on any atom is -0.494 e. The highest BCUT2D eigenvalue weighted by Crippen LogP contribution is 2.56. The lowest BCUT2D eigenvalue weighted by Crippen LogP contribution is -2.64. The fourth-order valence-corrected chi connectivity index (χ4v) is 4.51. The second-order valence-electron chi connectivity index (χ2n) is 7.02. The molecule has 138 valence electrons. The molecule has 0 radical (unpaired) electrons. The van der Waals surface area contributed by atoms with Gasteiger partial charge in [0.05, 0.1) is 18.9 Å². The van der Waals surface area contributed by atoms with Crippen LogP contribution in [0.5, 0.6) is 5.75 Å². The van der Waals surface area contributed by atoms with Crippen LogP contribution in [0.2, 0.25) is 0 Å². The lowest BCUT2D eigenvalue weighted by molar-refractivity contribution is -0.150. The Morgan fingerprint density at radius 1 is 1.40 bits per heavy atom. The first-order valence-corrected chi connectivity index (χ1v) is 9.00. The van der Waals surface area contributed by atoms with Crippen LogP contribution in [-0.4, -0.2) is 43.8 Å². The second-order valence-corrected chi connectivity index (χ2v) is 7.02. The van der Waals surface area contributed by atoms with Crippen LogP contribution in [-0.2, 0) is 4.74 Å². The van der Waals surface area contributed by atoms with Gasteiger partial charge >= 0.3 is 6.03 Å². The summed E-state index contributed by atoms with van der Waals surface area (Å²) in [7, 11) is 3.29. The molecule has 0 heterocycles. The van der Waals surface area contributed by atoms with E-state index in [2.05, 4.69) is 5.32 Å². The van der Waals surface area contributed by atoms with Gasteiger partial charge in [0.1, 0.15) is 11.6 Å². The van der Waals surface area contributed by atoms with Gasteiger partial charge < -0.3 is 19.7 Å². The molecule has 1 spiro atoms. The average Bonchev–Trinajstić information content (AvgIpc) is 3.12. The zero-order valence-corrected chi connectivity index (χ0v) is 15.2.